The standard InChI is InChI=1S/C15H13NO3/c1-18-14-4-2-11(3-5-14)15(17)8-13(9-16)12-6-7-19-10-12/h2-7,10,13H,8H2,1H3. The highest BCUT2D eigenvalue weighted by molar-refractivity contribution is 5.96. The summed E-state index contributed by atoms with van der Waals surface area (Å²) < 4.78 is 9.97. The molecule has 1 aromatic heterocycles. The van der Waals surface area contributed by atoms with E-state index in [1.54, 1.807) is 37.4 Å². The fraction of sp³-hybridized carbons (Fsp3) is 0.200. The van der Waals surface area contributed by atoms with Gasteiger partial charge >= 0.3 is 0 Å². The predicted octanol–water partition coefficient (Wildman–Crippen LogP) is 3.17. The van der Waals surface area contributed by atoms with E-state index in [0.717, 1.165) is 5.56 Å². The molecule has 0 saturated carbocycles. The highest BCUT2D eigenvalue weighted by atomic mass is 16.5. The summed E-state index contributed by atoms with van der Waals surface area (Å²) >= 11 is 0. The van der Waals surface area contributed by atoms with Crippen molar-refractivity contribution in [3.8, 4) is 11.8 Å². The van der Waals surface area contributed by atoms with Gasteiger partial charge in [-0.05, 0) is 30.3 Å². The van der Waals surface area contributed by atoms with E-state index in [9.17, 15) is 4.79 Å². The molecule has 1 atom stereocenters. The van der Waals surface area contributed by atoms with Crippen LogP contribution in [0.1, 0.15) is 28.3 Å². The number of nitriles is 1. The number of hydrogen-bond donors (Lipinski definition) is 0. The van der Waals surface area contributed by atoms with E-state index >= 15 is 0 Å². The second kappa shape index (κ2) is 5.87. The van der Waals surface area contributed by atoms with Crippen molar-refractivity contribution in [3.05, 3.63) is 54.0 Å². The summed E-state index contributed by atoms with van der Waals surface area (Å²) in [6.45, 7) is 0. The number of furan rings is 1. The second-order valence-electron chi connectivity index (χ2n) is 4.09. The van der Waals surface area contributed by atoms with Crippen molar-refractivity contribution >= 4 is 5.78 Å². The summed E-state index contributed by atoms with van der Waals surface area (Å²) in [7, 11) is 1.57. The maximum absolute atomic E-state index is 12.1. The van der Waals surface area contributed by atoms with E-state index in [4.69, 9.17) is 14.4 Å². The number of nitrogens with zero attached hydrogens (tertiary/aromatic N) is 1. The Morgan fingerprint density at radius 3 is 2.63 bits per heavy atom. The smallest absolute Gasteiger partial charge is 0.164 e. The van der Waals surface area contributed by atoms with Crippen molar-refractivity contribution in [2.45, 2.75) is 12.3 Å². The molecule has 0 saturated heterocycles. The first-order chi connectivity index (χ1) is 9.24. The Morgan fingerprint density at radius 2 is 2.11 bits per heavy atom. The van der Waals surface area contributed by atoms with E-state index in [1.807, 2.05) is 0 Å². The second-order valence-corrected chi connectivity index (χ2v) is 4.09. The summed E-state index contributed by atoms with van der Waals surface area (Å²) in [5, 5.41) is 9.11. The monoisotopic (exact) mass is 255 g/mol. The van der Waals surface area contributed by atoms with Gasteiger partial charge in [-0.15, -0.1) is 0 Å². The zero-order valence-corrected chi connectivity index (χ0v) is 10.5. The average Bonchev–Trinajstić information content (AvgIpc) is 2.98. The van der Waals surface area contributed by atoms with E-state index in [1.165, 1.54) is 12.5 Å². The van der Waals surface area contributed by atoms with Gasteiger partial charge in [0.15, 0.2) is 5.78 Å². The SMILES string of the molecule is COc1ccc(C(=O)CC(C#N)c2ccoc2)cc1. The molecule has 4 heteroatoms. The Kier molecular flexibility index (Phi) is 3.99. The number of ether oxygens (including phenoxy) is 1. The summed E-state index contributed by atoms with van der Waals surface area (Å²) in [4.78, 5) is 12.1. The highest BCUT2D eigenvalue weighted by Gasteiger charge is 2.17. The Hall–Kier alpha value is -2.54. The van der Waals surface area contributed by atoms with Crippen LogP contribution in [-0.4, -0.2) is 12.9 Å². The summed E-state index contributed by atoms with van der Waals surface area (Å²) in [5.41, 5.74) is 1.30. The van der Waals surface area contributed by atoms with Crippen molar-refractivity contribution in [1.82, 2.24) is 0 Å². The molecule has 0 bridgehead atoms. The Morgan fingerprint density at radius 1 is 1.37 bits per heavy atom. The van der Waals surface area contributed by atoms with E-state index in [2.05, 4.69) is 6.07 Å². The third-order valence-electron chi connectivity index (χ3n) is 2.90. The molecule has 2 rings (SSSR count). The Bertz CT molecular complexity index is 579. The number of rotatable bonds is 5. The molecule has 19 heavy (non-hydrogen) atoms. The van der Waals surface area contributed by atoms with Crippen molar-refractivity contribution in [3.63, 3.8) is 0 Å². The normalized spacial score (nSPS) is 11.6. The third-order valence-corrected chi connectivity index (χ3v) is 2.90. The number of ketones is 1. The summed E-state index contributed by atoms with van der Waals surface area (Å²) in [5.74, 6) is 0.145. The number of carbonyl (C=O) groups is 1. The van der Waals surface area contributed by atoms with Gasteiger partial charge in [0.05, 0.1) is 31.6 Å². The van der Waals surface area contributed by atoms with Crippen LogP contribution in [0.4, 0.5) is 0 Å². The van der Waals surface area contributed by atoms with Crippen LogP contribution >= 0.6 is 0 Å². The molecule has 0 aliphatic carbocycles. The zero-order valence-electron chi connectivity index (χ0n) is 10.5. The zero-order chi connectivity index (χ0) is 13.7. The van der Waals surface area contributed by atoms with Crippen LogP contribution in [0.2, 0.25) is 0 Å². The molecule has 1 heterocycles. The van der Waals surface area contributed by atoms with E-state index < -0.39 is 5.92 Å². The topological polar surface area (TPSA) is 63.2 Å². The van der Waals surface area contributed by atoms with Gasteiger partial charge in [0.2, 0.25) is 0 Å². The van der Waals surface area contributed by atoms with Crippen LogP contribution in [0.3, 0.4) is 0 Å². The molecule has 1 unspecified atom stereocenters. The lowest BCUT2D eigenvalue weighted by atomic mass is 9.94. The van der Waals surface area contributed by atoms with Gasteiger partial charge in [0, 0.05) is 17.5 Å². The molecule has 0 spiro atoms. The average molecular weight is 255 g/mol. The molecule has 1 aromatic carbocycles. The molecule has 4 nitrogen and oxygen atoms in total. The van der Waals surface area contributed by atoms with Crippen LogP contribution < -0.4 is 4.74 Å². The first-order valence-corrected chi connectivity index (χ1v) is 5.83. The molecule has 96 valence electrons. The molecule has 0 N–H and O–H groups in total. The lowest BCUT2D eigenvalue weighted by Crippen LogP contribution is -2.05. The molecule has 0 amide bonds. The van der Waals surface area contributed by atoms with Crippen LogP contribution in [0.15, 0.2) is 47.3 Å². The maximum Gasteiger partial charge on any atom is 0.164 e. The number of benzene rings is 1. The molecule has 2 aromatic rings. The van der Waals surface area contributed by atoms with Crippen LogP contribution in [0.25, 0.3) is 0 Å². The molecule has 0 aliphatic heterocycles. The first-order valence-electron chi connectivity index (χ1n) is 5.83. The van der Waals surface area contributed by atoms with Gasteiger partial charge < -0.3 is 9.15 Å². The van der Waals surface area contributed by atoms with Crippen molar-refractivity contribution in [2.24, 2.45) is 0 Å². The lowest BCUT2D eigenvalue weighted by molar-refractivity contribution is 0.0979. The van der Waals surface area contributed by atoms with Crippen molar-refractivity contribution < 1.29 is 13.9 Å². The Balaban J connectivity index is 2.09. The van der Waals surface area contributed by atoms with Crippen LogP contribution in [0, 0.1) is 11.3 Å². The fourth-order valence-electron chi connectivity index (χ4n) is 1.79. The number of hydrogen-bond acceptors (Lipinski definition) is 4. The largest absolute Gasteiger partial charge is 0.497 e. The number of carbonyl (C=O) groups excluding carboxylic acids is 1. The minimum Gasteiger partial charge on any atom is -0.497 e. The Labute approximate surface area is 111 Å². The minimum atomic E-state index is -0.478. The molecule has 0 aliphatic rings. The van der Waals surface area contributed by atoms with Crippen LogP contribution in [-0.2, 0) is 0 Å². The predicted molar refractivity (Wildman–Crippen MR) is 69.0 cm³/mol. The summed E-state index contributed by atoms with van der Waals surface area (Å²) in [6.07, 6.45) is 3.13. The molecule has 0 radical (unpaired) electrons. The third kappa shape index (κ3) is 3.02. The minimum absolute atomic E-state index is 0.0737. The maximum atomic E-state index is 12.1. The van der Waals surface area contributed by atoms with Crippen LogP contribution in [0.5, 0.6) is 5.75 Å². The number of methoxy groups -OCH3 is 1. The van der Waals surface area contributed by atoms with Gasteiger partial charge in [-0.1, -0.05) is 0 Å². The summed E-state index contributed by atoms with van der Waals surface area (Å²) in [6, 6.07) is 10.7. The number of Topliss-reactive ketones (excluding diaryl/α,β-unsaturated/α-hetero) is 1. The fourth-order valence-corrected chi connectivity index (χ4v) is 1.79. The van der Waals surface area contributed by atoms with Gasteiger partial charge in [-0.3, -0.25) is 4.79 Å². The van der Waals surface area contributed by atoms with Crippen molar-refractivity contribution in [1.29, 1.82) is 5.26 Å². The van der Waals surface area contributed by atoms with E-state index in [0.29, 0.717) is 11.3 Å². The van der Waals surface area contributed by atoms with Gasteiger partial charge in [0.1, 0.15) is 5.75 Å². The van der Waals surface area contributed by atoms with E-state index in [-0.39, 0.29) is 12.2 Å². The molecule has 0 fully saturated rings. The van der Waals surface area contributed by atoms with Gasteiger partial charge in [-0.2, -0.15) is 5.26 Å². The molecular weight excluding hydrogens is 242 g/mol. The van der Waals surface area contributed by atoms with Gasteiger partial charge in [0.25, 0.3) is 0 Å². The van der Waals surface area contributed by atoms with Gasteiger partial charge in [-0.25, -0.2) is 0 Å². The highest BCUT2D eigenvalue weighted by Crippen LogP contribution is 2.22. The first kappa shape index (κ1) is 12.9. The molecular formula is C15H13NO3. The lowest BCUT2D eigenvalue weighted by Gasteiger charge is -2.06. The van der Waals surface area contributed by atoms with Crippen molar-refractivity contribution in [2.75, 3.05) is 7.11 Å². The quantitative estimate of drug-likeness (QED) is 0.770.